The van der Waals surface area contributed by atoms with Crippen molar-refractivity contribution in [1.29, 1.82) is 0 Å². The predicted octanol–water partition coefficient (Wildman–Crippen LogP) is 0.738. The Morgan fingerprint density at radius 2 is 1.35 bits per heavy atom. The number of hydrogen-bond acceptors (Lipinski definition) is 4. The molecule has 1 aromatic rings. The second-order valence-corrected chi connectivity index (χ2v) is 7.29. The van der Waals surface area contributed by atoms with Crippen LogP contribution in [-0.2, 0) is 20.0 Å². The van der Waals surface area contributed by atoms with E-state index in [1.807, 2.05) is 0 Å². The van der Waals surface area contributed by atoms with Crippen LogP contribution in [0, 0.1) is 6.92 Å². The summed E-state index contributed by atoms with van der Waals surface area (Å²) in [6.45, 7) is 1.78. The summed E-state index contributed by atoms with van der Waals surface area (Å²) in [5, 5.41) is 0. The van der Waals surface area contributed by atoms with E-state index in [0.29, 0.717) is 0 Å². The molecule has 0 bridgehead atoms. The van der Waals surface area contributed by atoms with E-state index in [1.165, 1.54) is 6.07 Å². The number of rotatable bonds is 4. The van der Waals surface area contributed by atoms with Crippen LogP contribution in [0.5, 0.6) is 0 Å². The SMILES string of the molecule is Cc1ccc(NS(C)(=O)=O)c(NS(C)(=O)=O)c1. The molecule has 6 nitrogen and oxygen atoms in total. The van der Waals surface area contributed by atoms with Crippen LogP contribution in [0.4, 0.5) is 11.4 Å². The molecule has 0 unspecified atom stereocenters. The van der Waals surface area contributed by atoms with Crippen molar-refractivity contribution < 1.29 is 16.8 Å². The molecule has 0 heterocycles. The molecule has 96 valence electrons. The van der Waals surface area contributed by atoms with Gasteiger partial charge < -0.3 is 0 Å². The van der Waals surface area contributed by atoms with Crippen LogP contribution in [0.3, 0.4) is 0 Å². The lowest BCUT2D eigenvalue weighted by molar-refractivity contribution is 0.604. The van der Waals surface area contributed by atoms with Crippen LogP contribution in [0.15, 0.2) is 18.2 Å². The molecule has 0 atom stereocenters. The molecular formula is C9H14N2O4S2. The molecule has 1 aromatic carbocycles. The first-order valence-corrected chi connectivity index (χ1v) is 8.41. The minimum absolute atomic E-state index is 0.198. The summed E-state index contributed by atoms with van der Waals surface area (Å²) in [5.74, 6) is 0. The zero-order chi connectivity index (χ0) is 13.3. The monoisotopic (exact) mass is 278 g/mol. The Morgan fingerprint density at radius 3 is 1.82 bits per heavy atom. The van der Waals surface area contributed by atoms with E-state index in [2.05, 4.69) is 9.44 Å². The van der Waals surface area contributed by atoms with Crippen molar-refractivity contribution in [3.63, 3.8) is 0 Å². The molecule has 17 heavy (non-hydrogen) atoms. The highest BCUT2D eigenvalue weighted by atomic mass is 32.2. The van der Waals surface area contributed by atoms with E-state index in [1.54, 1.807) is 19.1 Å². The number of sulfonamides is 2. The average Bonchev–Trinajstić information content (AvgIpc) is 2.05. The van der Waals surface area contributed by atoms with E-state index in [9.17, 15) is 16.8 Å². The van der Waals surface area contributed by atoms with Crippen molar-refractivity contribution >= 4 is 31.4 Å². The molecular weight excluding hydrogens is 264 g/mol. The van der Waals surface area contributed by atoms with Crippen LogP contribution >= 0.6 is 0 Å². The molecule has 1 rings (SSSR count). The van der Waals surface area contributed by atoms with Crippen LogP contribution in [0.2, 0.25) is 0 Å². The lowest BCUT2D eigenvalue weighted by Crippen LogP contribution is -2.15. The maximum Gasteiger partial charge on any atom is 0.229 e. The Labute approximate surface area is 101 Å². The summed E-state index contributed by atoms with van der Waals surface area (Å²) >= 11 is 0. The van der Waals surface area contributed by atoms with Crippen molar-refractivity contribution in [2.24, 2.45) is 0 Å². The lowest BCUT2D eigenvalue weighted by Gasteiger charge is -2.12. The first-order chi connectivity index (χ1) is 7.57. The molecule has 0 aliphatic heterocycles. The largest absolute Gasteiger partial charge is 0.282 e. The third-order valence-corrected chi connectivity index (χ3v) is 2.95. The van der Waals surface area contributed by atoms with Crippen molar-refractivity contribution in [3.05, 3.63) is 23.8 Å². The average molecular weight is 278 g/mol. The van der Waals surface area contributed by atoms with E-state index < -0.39 is 20.0 Å². The van der Waals surface area contributed by atoms with Gasteiger partial charge in [0.25, 0.3) is 0 Å². The Balaban J connectivity index is 3.22. The third kappa shape index (κ3) is 5.05. The summed E-state index contributed by atoms with van der Waals surface area (Å²) in [6, 6.07) is 4.74. The molecule has 0 spiro atoms. The second-order valence-electron chi connectivity index (χ2n) is 3.80. The summed E-state index contributed by atoms with van der Waals surface area (Å²) in [4.78, 5) is 0. The van der Waals surface area contributed by atoms with Crippen LogP contribution in [0.25, 0.3) is 0 Å². The van der Waals surface area contributed by atoms with E-state index in [0.717, 1.165) is 18.1 Å². The zero-order valence-electron chi connectivity index (χ0n) is 9.68. The highest BCUT2D eigenvalue weighted by molar-refractivity contribution is 7.92. The minimum Gasteiger partial charge on any atom is -0.282 e. The number of anilines is 2. The molecule has 0 fully saturated rings. The quantitative estimate of drug-likeness (QED) is 0.849. The number of aryl methyl sites for hydroxylation is 1. The van der Waals surface area contributed by atoms with Gasteiger partial charge in [-0.15, -0.1) is 0 Å². The maximum absolute atomic E-state index is 11.1. The number of benzene rings is 1. The van der Waals surface area contributed by atoms with Gasteiger partial charge in [-0.25, -0.2) is 16.8 Å². The topological polar surface area (TPSA) is 92.3 Å². The summed E-state index contributed by atoms with van der Waals surface area (Å²) in [6.07, 6.45) is 2.00. The normalized spacial score (nSPS) is 12.2. The van der Waals surface area contributed by atoms with Gasteiger partial charge in [-0.2, -0.15) is 0 Å². The summed E-state index contributed by atoms with van der Waals surface area (Å²) < 4.78 is 49.0. The summed E-state index contributed by atoms with van der Waals surface area (Å²) in [5.41, 5.74) is 1.22. The molecule has 2 N–H and O–H groups in total. The summed E-state index contributed by atoms with van der Waals surface area (Å²) in [7, 11) is -6.91. The van der Waals surface area contributed by atoms with Gasteiger partial charge in [0.15, 0.2) is 0 Å². The van der Waals surface area contributed by atoms with Crippen molar-refractivity contribution in [3.8, 4) is 0 Å². The molecule has 0 aliphatic rings. The van der Waals surface area contributed by atoms with Crippen LogP contribution in [0.1, 0.15) is 5.56 Å². The molecule has 0 radical (unpaired) electrons. The highest BCUT2D eigenvalue weighted by Crippen LogP contribution is 2.24. The molecule has 0 aromatic heterocycles. The lowest BCUT2D eigenvalue weighted by atomic mass is 10.2. The molecule has 0 amide bonds. The van der Waals surface area contributed by atoms with Gasteiger partial charge in [0.05, 0.1) is 23.9 Å². The van der Waals surface area contributed by atoms with E-state index in [-0.39, 0.29) is 11.4 Å². The van der Waals surface area contributed by atoms with Gasteiger partial charge in [-0.3, -0.25) is 9.44 Å². The van der Waals surface area contributed by atoms with Crippen molar-refractivity contribution in [1.82, 2.24) is 0 Å². The zero-order valence-corrected chi connectivity index (χ0v) is 11.3. The maximum atomic E-state index is 11.1. The Kier molecular flexibility index (Phi) is 3.68. The van der Waals surface area contributed by atoms with Gasteiger partial charge >= 0.3 is 0 Å². The Hall–Kier alpha value is -1.28. The highest BCUT2D eigenvalue weighted by Gasteiger charge is 2.10. The van der Waals surface area contributed by atoms with Crippen LogP contribution in [-0.4, -0.2) is 29.3 Å². The number of hydrogen-bond donors (Lipinski definition) is 2. The Morgan fingerprint density at radius 1 is 0.882 bits per heavy atom. The molecule has 0 saturated carbocycles. The standard InChI is InChI=1S/C9H14N2O4S2/c1-7-4-5-8(10-16(2,12)13)9(6-7)11-17(3,14)15/h4-6,10-11H,1-3H3. The van der Waals surface area contributed by atoms with E-state index in [4.69, 9.17) is 0 Å². The fourth-order valence-electron chi connectivity index (χ4n) is 1.23. The van der Waals surface area contributed by atoms with Gasteiger partial charge in [0.1, 0.15) is 0 Å². The van der Waals surface area contributed by atoms with Gasteiger partial charge in [0.2, 0.25) is 20.0 Å². The predicted molar refractivity (Wildman–Crippen MR) is 68.1 cm³/mol. The minimum atomic E-state index is -3.46. The molecule has 0 saturated heterocycles. The van der Waals surface area contributed by atoms with E-state index >= 15 is 0 Å². The van der Waals surface area contributed by atoms with Crippen molar-refractivity contribution in [2.45, 2.75) is 6.92 Å². The van der Waals surface area contributed by atoms with Gasteiger partial charge in [-0.1, -0.05) is 6.07 Å². The number of nitrogens with one attached hydrogen (secondary N) is 2. The fraction of sp³-hybridized carbons (Fsp3) is 0.333. The van der Waals surface area contributed by atoms with Crippen molar-refractivity contribution in [2.75, 3.05) is 22.0 Å². The van der Waals surface area contributed by atoms with Gasteiger partial charge in [-0.05, 0) is 24.6 Å². The fourth-order valence-corrected chi connectivity index (χ4v) is 2.38. The molecule has 0 aliphatic carbocycles. The Bertz CT molecular complexity index is 620. The smallest absolute Gasteiger partial charge is 0.229 e. The third-order valence-electron chi connectivity index (χ3n) is 1.77. The van der Waals surface area contributed by atoms with Crippen LogP contribution < -0.4 is 9.44 Å². The second kappa shape index (κ2) is 4.53. The first-order valence-electron chi connectivity index (χ1n) is 4.63. The van der Waals surface area contributed by atoms with Gasteiger partial charge in [0, 0.05) is 0 Å². The molecule has 8 heteroatoms. The first kappa shape index (κ1) is 13.8.